The van der Waals surface area contributed by atoms with E-state index in [0.717, 1.165) is 0 Å². The second-order valence-electron chi connectivity index (χ2n) is 3.20. The zero-order chi connectivity index (χ0) is 12.3. The zero-order valence-corrected chi connectivity index (χ0v) is 10.2. The van der Waals surface area contributed by atoms with Gasteiger partial charge in [-0.15, -0.1) is 0 Å². The van der Waals surface area contributed by atoms with Crippen LogP contribution in [-0.2, 0) is 16.6 Å². The van der Waals surface area contributed by atoms with Crippen LogP contribution in [-0.4, -0.2) is 13.4 Å². The van der Waals surface area contributed by atoms with Crippen molar-refractivity contribution in [3.05, 3.63) is 47.6 Å². The van der Waals surface area contributed by atoms with E-state index in [0.29, 0.717) is 5.76 Å². The lowest BCUT2D eigenvalue weighted by molar-refractivity contribution is 0.498. The molecule has 0 unspecified atom stereocenters. The largest absolute Gasteiger partial charge is 0.468 e. The molecule has 17 heavy (non-hydrogen) atoms. The molecule has 1 N–H and O–H groups in total. The van der Waals surface area contributed by atoms with Gasteiger partial charge in [0.05, 0.1) is 12.8 Å². The van der Waals surface area contributed by atoms with Gasteiger partial charge in [-0.2, -0.15) is 0 Å². The maximum Gasteiger partial charge on any atom is 0.244 e. The summed E-state index contributed by atoms with van der Waals surface area (Å²) < 4.78 is 31.1. The lowest BCUT2D eigenvalue weighted by Gasteiger charge is -2.05. The van der Waals surface area contributed by atoms with Crippen LogP contribution in [0.15, 0.2) is 46.0 Å². The Kier molecular flexibility index (Phi) is 3.46. The minimum atomic E-state index is -3.67. The minimum Gasteiger partial charge on any atom is -0.468 e. The van der Waals surface area contributed by atoms with Crippen molar-refractivity contribution >= 4 is 21.6 Å². The number of furan rings is 1. The molecule has 0 saturated heterocycles. The first-order valence-corrected chi connectivity index (χ1v) is 6.58. The van der Waals surface area contributed by atoms with E-state index in [1.165, 1.54) is 24.6 Å². The van der Waals surface area contributed by atoms with Gasteiger partial charge in [-0.3, -0.25) is 0 Å². The highest BCUT2D eigenvalue weighted by atomic mass is 35.5. The van der Waals surface area contributed by atoms with Crippen LogP contribution in [0, 0.1) is 0 Å². The summed E-state index contributed by atoms with van der Waals surface area (Å²) in [7, 11) is -3.67. The SMILES string of the molecule is O=S(=O)(NCc1ccco1)c1cccnc1Cl. The molecule has 0 saturated carbocycles. The van der Waals surface area contributed by atoms with E-state index in [9.17, 15) is 8.42 Å². The van der Waals surface area contributed by atoms with Crippen molar-refractivity contribution in [3.8, 4) is 0 Å². The quantitative estimate of drug-likeness (QED) is 0.862. The summed E-state index contributed by atoms with van der Waals surface area (Å²) in [5.74, 6) is 0.522. The number of hydrogen-bond donors (Lipinski definition) is 1. The van der Waals surface area contributed by atoms with Crippen LogP contribution in [0.3, 0.4) is 0 Å². The van der Waals surface area contributed by atoms with E-state index in [2.05, 4.69) is 9.71 Å². The van der Waals surface area contributed by atoms with Crippen molar-refractivity contribution in [3.63, 3.8) is 0 Å². The molecule has 5 nitrogen and oxygen atoms in total. The summed E-state index contributed by atoms with van der Waals surface area (Å²) in [6, 6.07) is 6.25. The van der Waals surface area contributed by atoms with E-state index in [4.69, 9.17) is 16.0 Å². The molecule has 90 valence electrons. The fourth-order valence-electron chi connectivity index (χ4n) is 1.23. The first-order valence-electron chi connectivity index (χ1n) is 4.72. The molecule has 0 amide bonds. The third kappa shape index (κ3) is 2.85. The van der Waals surface area contributed by atoms with E-state index in [1.807, 2.05) is 0 Å². The standard InChI is InChI=1S/C10H9ClN2O3S/c11-10-9(4-1-5-12-10)17(14,15)13-7-8-3-2-6-16-8/h1-6,13H,7H2. The molecule has 0 aliphatic carbocycles. The number of sulfonamides is 1. The van der Waals surface area contributed by atoms with Crippen molar-refractivity contribution in [2.75, 3.05) is 0 Å². The van der Waals surface area contributed by atoms with Gasteiger partial charge in [0.1, 0.15) is 15.8 Å². The molecule has 2 rings (SSSR count). The number of pyridine rings is 1. The van der Waals surface area contributed by atoms with Crippen LogP contribution in [0.2, 0.25) is 5.15 Å². The average molecular weight is 273 g/mol. The molecule has 0 aromatic carbocycles. The average Bonchev–Trinajstić information content (AvgIpc) is 2.80. The third-order valence-corrected chi connectivity index (χ3v) is 3.88. The molecule has 2 aromatic heterocycles. The number of nitrogens with zero attached hydrogens (tertiary/aromatic N) is 1. The lowest BCUT2D eigenvalue weighted by Crippen LogP contribution is -2.23. The lowest BCUT2D eigenvalue weighted by atomic mass is 10.5. The first-order chi connectivity index (χ1) is 8.09. The van der Waals surface area contributed by atoms with Gasteiger partial charge in [0.15, 0.2) is 0 Å². The van der Waals surface area contributed by atoms with E-state index in [-0.39, 0.29) is 16.6 Å². The Balaban J connectivity index is 2.17. The van der Waals surface area contributed by atoms with Gasteiger partial charge in [0.2, 0.25) is 10.0 Å². The second-order valence-corrected chi connectivity index (χ2v) is 5.29. The first kappa shape index (κ1) is 12.1. The van der Waals surface area contributed by atoms with Gasteiger partial charge in [-0.05, 0) is 24.3 Å². The molecule has 0 radical (unpaired) electrons. The van der Waals surface area contributed by atoms with Crippen LogP contribution >= 0.6 is 11.6 Å². The van der Waals surface area contributed by atoms with Crippen LogP contribution < -0.4 is 4.72 Å². The number of halogens is 1. The van der Waals surface area contributed by atoms with E-state index < -0.39 is 10.0 Å². The summed E-state index contributed by atoms with van der Waals surface area (Å²) in [4.78, 5) is 3.67. The molecule has 7 heteroatoms. The van der Waals surface area contributed by atoms with Crippen molar-refractivity contribution in [1.29, 1.82) is 0 Å². The highest BCUT2D eigenvalue weighted by molar-refractivity contribution is 7.89. The predicted octanol–water partition coefficient (Wildman–Crippen LogP) is 1.81. The van der Waals surface area contributed by atoms with Crippen LogP contribution in [0.5, 0.6) is 0 Å². The molecule has 2 heterocycles. The van der Waals surface area contributed by atoms with Crippen LogP contribution in [0.1, 0.15) is 5.76 Å². The number of rotatable bonds is 4. The van der Waals surface area contributed by atoms with Gasteiger partial charge in [-0.1, -0.05) is 11.6 Å². The Morgan fingerprint density at radius 1 is 1.35 bits per heavy atom. The molecule has 0 spiro atoms. The predicted molar refractivity (Wildman–Crippen MR) is 62.0 cm³/mol. The molecule has 2 aromatic rings. The van der Waals surface area contributed by atoms with Crippen LogP contribution in [0.4, 0.5) is 0 Å². The van der Waals surface area contributed by atoms with Gasteiger partial charge < -0.3 is 4.42 Å². The molecular formula is C10H9ClN2O3S. The van der Waals surface area contributed by atoms with Gasteiger partial charge in [-0.25, -0.2) is 18.1 Å². The summed E-state index contributed by atoms with van der Waals surface area (Å²) in [6.45, 7) is 0.0700. The van der Waals surface area contributed by atoms with Crippen LogP contribution in [0.25, 0.3) is 0 Å². The Morgan fingerprint density at radius 2 is 2.18 bits per heavy atom. The molecule has 0 fully saturated rings. The van der Waals surface area contributed by atoms with Crippen molar-refractivity contribution in [1.82, 2.24) is 9.71 Å². The summed E-state index contributed by atoms with van der Waals surface area (Å²) in [5.41, 5.74) is 0. The van der Waals surface area contributed by atoms with Gasteiger partial charge in [0, 0.05) is 6.20 Å². The van der Waals surface area contributed by atoms with Gasteiger partial charge in [0.25, 0.3) is 0 Å². The van der Waals surface area contributed by atoms with Crippen molar-refractivity contribution in [2.45, 2.75) is 11.4 Å². The Hall–Kier alpha value is -1.37. The molecule has 0 atom stereocenters. The molecule has 0 aliphatic heterocycles. The highest BCUT2D eigenvalue weighted by Crippen LogP contribution is 2.17. The van der Waals surface area contributed by atoms with Crippen molar-refractivity contribution < 1.29 is 12.8 Å². The van der Waals surface area contributed by atoms with Gasteiger partial charge >= 0.3 is 0 Å². The smallest absolute Gasteiger partial charge is 0.244 e. The van der Waals surface area contributed by atoms with E-state index in [1.54, 1.807) is 12.1 Å². The van der Waals surface area contributed by atoms with Crippen molar-refractivity contribution in [2.24, 2.45) is 0 Å². The fraction of sp³-hybridized carbons (Fsp3) is 0.100. The monoisotopic (exact) mass is 272 g/mol. The Labute approximate surface area is 103 Å². The fourth-order valence-corrected chi connectivity index (χ4v) is 2.67. The van der Waals surface area contributed by atoms with E-state index >= 15 is 0 Å². The highest BCUT2D eigenvalue weighted by Gasteiger charge is 2.18. The summed E-state index contributed by atoms with van der Waals surface area (Å²) in [5, 5.41) is -0.0561. The Bertz CT molecular complexity index is 596. The summed E-state index contributed by atoms with van der Waals surface area (Å²) >= 11 is 5.72. The maximum absolute atomic E-state index is 11.9. The molecular weight excluding hydrogens is 264 g/mol. The molecule has 0 aliphatic rings. The Morgan fingerprint density at radius 3 is 2.82 bits per heavy atom. The topological polar surface area (TPSA) is 72.2 Å². The minimum absolute atomic E-state index is 0.0479. The number of aromatic nitrogens is 1. The summed E-state index contributed by atoms with van der Waals surface area (Å²) in [6.07, 6.45) is 2.90. The number of nitrogens with one attached hydrogen (secondary N) is 1. The molecule has 0 bridgehead atoms. The second kappa shape index (κ2) is 4.87. The number of hydrogen-bond acceptors (Lipinski definition) is 4. The zero-order valence-electron chi connectivity index (χ0n) is 8.63. The third-order valence-electron chi connectivity index (χ3n) is 2.03. The maximum atomic E-state index is 11.9. The normalized spacial score (nSPS) is 11.6.